The Labute approximate surface area is 242 Å². The van der Waals surface area contributed by atoms with Crippen LogP contribution in [0.25, 0.3) is 0 Å². The smallest absolute Gasteiger partial charge is 0.244 e. The van der Waals surface area contributed by atoms with Crippen LogP contribution in [0.15, 0.2) is 60.7 Å². The second-order valence-electron chi connectivity index (χ2n) is 11.3. The molecule has 3 unspecified atom stereocenters. The molecule has 3 heterocycles. The van der Waals surface area contributed by atoms with E-state index in [1.807, 2.05) is 74.5 Å². The first-order chi connectivity index (χ1) is 18.8. The van der Waals surface area contributed by atoms with Crippen molar-refractivity contribution in [2.45, 2.75) is 66.7 Å². The lowest BCUT2D eigenvalue weighted by Crippen LogP contribution is -2.57. The lowest BCUT2D eigenvalue weighted by Gasteiger charge is -2.37. The predicted octanol–water partition coefficient (Wildman–Crippen LogP) is 3.49. The molecule has 208 valence electrons. The van der Waals surface area contributed by atoms with Gasteiger partial charge in [-0.3, -0.25) is 14.4 Å². The van der Waals surface area contributed by atoms with Crippen molar-refractivity contribution in [2.75, 3.05) is 6.61 Å². The summed E-state index contributed by atoms with van der Waals surface area (Å²) >= 11 is 5.42. The monoisotopic (exact) mass is 613 g/mol. The molecule has 2 bridgehead atoms. The fourth-order valence-corrected chi connectivity index (χ4v) is 10.3. The van der Waals surface area contributed by atoms with Gasteiger partial charge >= 0.3 is 0 Å². The Morgan fingerprint density at radius 1 is 1.03 bits per heavy atom. The number of aliphatic hydroxyl groups excluding tert-OH is 1. The first-order valence-electron chi connectivity index (χ1n) is 13.6. The molecule has 2 aromatic rings. The number of alkyl halides is 1. The quantitative estimate of drug-likeness (QED) is 0.356. The van der Waals surface area contributed by atoms with Gasteiger partial charge < -0.3 is 20.6 Å². The number of hydrogen-bond acceptors (Lipinski definition) is 5. The Kier molecular flexibility index (Phi) is 8.40. The van der Waals surface area contributed by atoms with Crippen LogP contribution in [0.3, 0.4) is 0 Å². The standard InChI is InChI=1S/C30H36BrN3O4S/c1-18(2)13-21(17-35)34-26(28(37)33-16-20-11-7-4-8-12-20)30-14-22(31)25(39-30)23(24(30)29(34)38)27(36)32-15-19-9-5-3-6-10-19/h3-12,18,21-26,35H,13-17H2,1-2H3,(H,32,36)(H,33,37)/t21-,22?,23+,24+,25+,26?,30?/m1/s1. The number of halogens is 1. The van der Waals surface area contributed by atoms with Crippen LogP contribution in [0, 0.1) is 17.8 Å². The average Bonchev–Trinajstić information content (AvgIpc) is 3.53. The van der Waals surface area contributed by atoms with Crippen molar-refractivity contribution in [3.05, 3.63) is 71.8 Å². The highest BCUT2D eigenvalue weighted by molar-refractivity contribution is 9.09. The summed E-state index contributed by atoms with van der Waals surface area (Å²) in [5.41, 5.74) is 1.96. The number of amides is 3. The Morgan fingerprint density at radius 2 is 1.59 bits per heavy atom. The van der Waals surface area contributed by atoms with Gasteiger partial charge in [0.15, 0.2) is 0 Å². The minimum Gasteiger partial charge on any atom is -0.394 e. The molecule has 39 heavy (non-hydrogen) atoms. The minimum absolute atomic E-state index is 0.000994. The van der Waals surface area contributed by atoms with Crippen molar-refractivity contribution in [1.82, 2.24) is 15.5 Å². The van der Waals surface area contributed by atoms with Gasteiger partial charge in [-0.2, -0.15) is 0 Å². The molecule has 7 nitrogen and oxygen atoms in total. The van der Waals surface area contributed by atoms with Crippen molar-refractivity contribution in [1.29, 1.82) is 0 Å². The summed E-state index contributed by atoms with van der Waals surface area (Å²) in [5.74, 6) is -1.53. The first-order valence-corrected chi connectivity index (χ1v) is 15.4. The molecule has 3 aliphatic rings. The Balaban J connectivity index is 1.46. The topological polar surface area (TPSA) is 98.7 Å². The third-order valence-electron chi connectivity index (χ3n) is 8.24. The van der Waals surface area contributed by atoms with Gasteiger partial charge in [0.2, 0.25) is 17.7 Å². The lowest BCUT2D eigenvalue weighted by molar-refractivity contribution is -0.143. The molecule has 5 rings (SSSR count). The van der Waals surface area contributed by atoms with Crippen LogP contribution in [-0.4, -0.2) is 61.2 Å². The molecule has 3 aliphatic heterocycles. The maximum absolute atomic E-state index is 14.3. The summed E-state index contributed by atoms with van der Waals surface area (Å²) in [7, 11) is 0. The Morgan fingerprint density at radius 3 is 2.13 bits per heavy atom. The van der Waals surface area contributed by atoms with E-state index in [1.54, 1.807) is 16.7 Å². The van der Waals surface area contributed by atoms with Crippen LogP contribution in [0.5, 0.6) is 0 Å². The fourth-order valence-electron chi connectivity index (χ4n) is 6.66. The molecule has 7 atom stereocenters. The number of nitrogens with one attached hydrogen (secondary N) is 2. The number of carbonyl (C=O) groups excluding carboxylic acids is 3. The number of hydrogen-bond donors (Lipinski definition) is 3. The molecule has 3 saturated heterocycles. The zero-order valence-corrected chi connectivity index (χ0v) is 24.7. The zero-order chi connectivity index (χ0) is 27.7. The molecular weight excluding hydrogens is 578 g/mol. The molecule has 0 aromatic heterocycles. The maximum atomic E-state index is 14.3. The number of likely N-dealkylation sites (tertiary alicyclic amines) is 1. The molecule has 0 radical (unpaired) electrons. The Bertz CT molecular complexity index is 1200. The molecule has 2 aromatic carbocycles. The van der Waals surface area contributed by atoms with Crippen LogP contribution in [0.2, 0.25) is 0 Å². The molecular formula is C30H36BrN3O4S. The molecule has 0 saturated carbocycles. The third-order valence-corrected chi connectivity index (χ3v) is 11.5. The maximum Gasteiger partial charge on any atom is 0.244 e. The van der Waals surface area contributed by atoms with Gasteiger partial charge in [0.25, 0.3) is 0 Å². The number of benzene rings is 2. The first kappa shape index (κ1) is 28.2. The van der Waals surface area contributed by atoms with Gasteiger partial charge in [0.1, 0.15) is 6.04 Å². The second kappa shape index (κ2) is 11.6. The number of rotatable bonds is 10. The van der Waals surface area contributed by atoms with Crippen LogP contribution in [0.4, 0.5) is 0 Å². The van der Waals surface area contributed by atoms with Crippen LogP contribution < -0.4 is 10.6 Å². The Hall–Kier alpha value is -2.36. The summed E-state index contributed by atoms with van der Waals surface area (Å²) in [6.45, 7) is 4.58. The SMILES string of the molecule is CC(C)C[C@H](CO)N1C(=O)[C@@H]2[C@H](C(=O)NCc3ccccc3)[C@H]3SC2(CC3Br)C1C(=O)NCc1ccccc1. The van der Waals surface area contributed by atoms with Crippen molar-refractivity contribution < 1.29 is 19.5 Å². The number of aliphatic hydroxyl groups is 1. The summed E-state index contributed by atoms with van der Waals surface area (Å²) < 4.78 is -0.740. The van der Waals surface area contributed by atoms with E-state index in [-0.39, 0.29) is 40.3 Å². The van der Waals surface area contributed by atoms with Crippen molar-refractivity contribution in [3.63, 3.8) is 0 Å². The van der Waals surface area contributed by atoms with Crippen molar-refractivity contribution in [3.8, 4) is 0 Å². The van der Waals surface area contributed by atoms with E-state index >= 15 is 0 Å². The van der Waals surface area contributed by atoms with Crippen LogP contribution in [-0.2, 0) is 27.5 Å². The summed E-state index contributed by atoms with van der Waals surface area (Å²) in [4.78, 5) is 43.6. The van der Waals surface area contributed by atoms with Gasteiger partial charge in [-0.15, -0.1) is 11.8 Å². The zero-order valence-electron chi connectivity index (χ0n) is 22.3. The molecule has 0 aliphatic carbocycles. The molecule has 1 spiro atoms. The van der Waals surface area contributed by atoms with Crippen molar-refractivity contribution >= 4 is 45.4 Å². The highest BCUT2D eigenvalue weighted by Gasteiger charge is 2.76. The number of thioether (sulfide) groups is 1. The highest BCUT2D eigenvalue weighted by Crippen LogP contribution is 2.68. The van der Waals surface area contributed by atoms with Gasteiger partial charge in [-0.25, -0.2) is 0 Å². The van der Waals surface area contributed by atoms with Gasteiger partial charge in [-0.1, -0.05) is 90.4 Å². The third kappa shape index (κ3) is 5.25. The molecule has 3 fully saturated rings. The van der Waals surface area contributed by atoms with Gasteiger partial charge in [-0.05, 0) is 29.9 Å². The second-order valence-corrected chi connectivity index (χ2v) is 14.0. The molecule has 3 N–H and O–H groups in total. The van der Waals surface area contributed by atoms with Gasteiger partial charge in [0.05, 0.1) is 29.2 Å². The summed E-state index contributed by atoms with van der Waals surface area (Å²) in [6, 6.07) is 18.1. The lowest BCUT2D eigenvalue weighted by atomic mass is 9.70. The van der Waals surface area contributed by atoms with E-state index in [0.29, 0.717) is 25.9 Å². The van der Waals surface area contributed by atoms with E-state index in [0.717, 1.165) is 11.1 Å². The summed E-state index contributed by atoms with van der Waals surface area (Å²) in [5, 5.41) is 16.4. The number of carbonyl (C=O) groups is 3. The molecule has 9 heteroatoms. The van der Waals surface area contributed by atoms with E-state index < -0.39 is 28.7 Å². The largest absolute Gasteiger partial charge is 0.394 e. The van der Waals surface area contributed by atoms with Gasteiger partial charge in [0, 0.05) is 23.2 Å². The van der Waals surface area contributed by atoms with E-state index in [4.69, 9.17) is 0 Å². The highest BCUT2D eigenvalue weighted by atomic mass is 79.9. The fraction of sp³-hybridized carbons (Fsp3) is 0.500. The summed E-state index contributed by atoms with van der Waals surface area (Å²) in [6.07, 6.45) is 1.19. The van der Waals surface area contributed by atoms with Crippen LogP contribution in [0.1, 0.15) is 37.8 Å². The van der Waals surface area contributed by atoms with Crippen LogP contribution >= 0.6 is 27.7 Å². The van der Waals surface area contributed by atoms with E-state index in [1.165, 1.54) is 0 Å². The van der Waals surface area contributed by atoms with E-state index in [2.05, 4.69) is 26.6 Å². The van der Waals surface area contributed by atoms with Crippen molar-refractivity contribution in [2.24, 2.45) is 17.8 Å². The van der Waals surface area contributed by atoms with E-state index in [9.17, 15) is 19.5 Å². The predicted molar refractivity (Wildman–Crippen MR) is 156 cm³/mol. The minimum atomic E-state index is -0.767. The molecule has 3 amide bonds. The number of fused-ring (bicyclic) bond motifs is 1. The normalized spacial score (nSPS) is 29.9. The average molecular weight is 615 g/mol. The number of nitrogens with zero attached hydrogens (tertiary/aromatic N) is 1.